The van der Waals surface area contributed by atoms with Crippen molar-refractivity contribution >= 4 is 23.7 Å². The molecule has 0 unspecified atom stereocenters. The number of likely N-dealkylation sites (tertiary alicyclic amines) is 1. The molecular formula is C33H33N3O5. The van der Waals surface area contributed by atoms with E-state index in [0.29, 0.717) is 11.1 Å². The average Bonchev–Trinajstić information content (AvgIpc) is 3.92. The minimum Gasteiger partial charge on any atom is -0.465 e. The standard InChI is InChI=1S/C33H33N3O5/c1-41-33(40)23-14-12-22(13-15-23)32(39)36-18-26(30(37)34-28-16-24(28)20-8-4-2-5-9-20)27(19-36)31(38)35-29-17-25(29)21-10-6-3-7-11-21/h2-15,24-29H,16-19H2,1H3,(H,34,37)(H,35,38)/t24-,25-,26-,27-,28+,29+/m1/s1. The summed E-state index contributed by atoms with van der Waals surface area (Å²) in [6.07, 6.45) is 1.71. The van der Waals surface area contributed by atoms with Crippen LogP contribution in [0, 0.1) is 11.8 Å². The quantitative estimate of drug-likeness (QED) is 0.417. The second kappa shape index (κ2) is 11.2. The van der Waals surface area contributed by atoms with Gasteiger partial charge in [-0.3, -0.25) is 14.4 Å². The van der Waals surface area contributed by atoms with E-state index in [0.717, 1.165) is 12.8 Å². The number of carbonyl (C=O) groups excluding carboxylic acids is 4. The molecule has 41 heavy (non-hydrogen) atoms. The fraction of sp³-hybridized carbons (Fsp3) is 0.333. The van der Waals surface area contributed by atoms with Crippen molar-refractivity contribution in [1.82, 2.24) is 15.5 Å². The SMILES string of the molecule is COC(=O)c1ccc(C(=O)N2C[C@@H](C(=O)N[C@H]3C[C@@H]3c3ccccc3)[C@H](C(=O)N[C@H]3C[C@@H]3c3ccccc3)C2)cc1. The van der Waals surface area contributed by atoms with Gasteiger partial charge in [-0.25, -0.2) is 4.79 Å². The largest absolute Gasteiger partial charge is 0.465 e. The molecule has 210 valence electrons. The molecule has 0 radical (unpaired) electrons. The Bertz CT molecular complexity index is 1370. The highest BCUT2D eigenvalue weighted by atomic mass is 16.5. The van der Waals surface area contributed by atoms with Gasteiger partial charge in [-0.05, 0) is 48.2 Å². The molecule has 1 aliphatic heterocycles. The van der Waals surface area contributed by atoms with Gasteiger partial charge in [-0.1, -0.05) is 60.7 Å². The summed E-state index contributed by atoms with van der Waals surface area (Å²) in [5, 5.41) is 6.30. The Balaban J connectivity index is 1.15. The average molecular weight is 552 g/mol. The Hall–Kier alpha value is -4.46. The summed E-state index contributed by atoms with van der Waals surface area (Å²) in [6, 6.07) is 26.4. The monoisotopic (exact) mass is 551 g/mol. The zero-order chi connectivity index (χ0) is 28.5. The van der Waals surface area contributed by atoms with Crippen LogP contribution in [0.3, 0.4) is 0 Å². The molecule has 2 N–H and O–H groups in total. The number of amides is 3. The van der Waals surface area contributed by atoms with Crippen molar-refractivity contribution in [2.75, 3.05) is 20.2 Å². The second-order valence-corrected chi connectivity index (χ2v) is 11.2. The first-order valence-corrected chi connectivity index (χ1v) is 14.1. The predicted octanol–water partition coefficient (Wildman–Crippen LogP) is 3.51. The molecule has 3 aliphatic rings. The fourth-order valence-electron chi connectivity index (χ4n) is 5.98. The molecular weight excluding hydrogens is 518 g/mol. The molecule has 8 nitrogen and oxygen atoms in total. The van der Waals surface area contributed by atoms with Crippen LogP contribution in [0.2, 0.25) is 0 Å². The van der Waals surface area contributed by atoms with Gasteiger partial charge in [0.25, 0.3) is 5.91 Å². The van der Waals surface area contributed by atoms with E-state index in [9.17, 15) is 19.2 Å². The van der Waals surface area contributed by atoms with E-state index in [1.165, 1.54) is 30.4 Å². The van der Waals surface area contributed by atoms with E-state index < -0.39 is 17.8 Å². The Morgan fingerprint density at radius 1 is 0.659 bits per heavy atom. The molecule has 0 bridgehead atoms. The van der Waals surface area contributed by atoms with Crippen molar-refractivity contribution < 1.29 is 23.9 Å². The Morgan fingerprint density at radius 3 is 1.54 bits per heavy atom. The fourth-order valence-corrected chi connectivity index (χ4v) is 5.98. The lowest BCUT2D eigenvalue weighted by atomic mass is 9.94. The molecule has 0 aromatic heterocycles. The molecule has 6 rings (SSSR count). The maximum Gasteiger partial charge on any atom is 0.337 e. The van der Waals surface area contributed by atoms with E-state index in [2.05, 4.69) is 34.9 Å². The van der Waals surface area contributed by atoms with Gasteiger partial charge in [0.05, 0.1) is 24.5 Å². The normalized spacial score (nSPS) is 26.1. The Kier molecular flexibility index (Phi) is 7.30. The number of hydrogen-bond donors (Lipinski definition) is 2. The van der Waals surface area contributed by atoms with Crippen LogP contribution in [-0.4, -0.2) is 60.9 Å². The molecule has 3 aromatic rings. The van der Waals surface area contributed by atoms with Crippen LogP contribution in [0.4, 0.5) is 0 Å². The highest BCUT2D eigenvalue weighted by molar-refractivity contribution is 5.98. The van der Waals surface area contributed by atoms with Gasteiger partial charge in [0.1, 0.15) is 0 Å². The first-order valence-electron chi connectivity index (χ1n) is 14.1. The molecule has 1 saturated heterocycles. The third-order valence-corrected chi connectivity index (χ3v) is 8.53. The third-order valence-electron chi connectivity index (χ3n) is 8.53. The number of carbonyl (C=O) groups is 4. The summed E-state index contributed by atoms with van der Waals surface area (Å²) < 4.78 is 4.74. The number of nitrogens with zero attached hydrogens (tertiary/aromatic N) is 1. The van der Waals surface area contributed by atoms with Gasteiger partial charge in [0.2, 0.25) is 11.8 Å². The first-order chi connectivity index (χ1) is 19.9. The summed E-state index contributed by atoms with van der Waals surface area (Å²) in [6.45, 7) is 0.300. The number of esters is 1. The first kappa shape index (κ1) is 26.7. The van der Waals surface area contributed by atoms with Gasteiger partial charge < -0.3 is 20.3 Å². The number of benzene rings is 3. The lowest BCUT2D eigenvalue weighted by Gasteiger charge is -2.18. The number of rotatable bonds is 8. The maximum atomic E-state index is 13.6. The molecule has 0 spiro atoms. The zero-order valence-corrected chi connectivity index (χ0v) is 22.9. The van der Waals surface area contributed by atoms with Gasteiger partial charge in [-0.2, -0.15) is 0 Å². The molecule has 3 aromatic carbocycles. The number of hydrogen-bond acceptors (Lipinski definition) is 5. The molecule has 6 atom stereocenters. The van der Waals surface area contributed by atoms with Crippen molar-refractivity contribution in [3.8, 4) is 0 Å². The maximum absolute atomic E-state index is 13.6. The van der Waals surface area contributed by atoms with Gasteiger partial charge in [0.15, 0.2) is 0 Å². The second-order valence-electron chi connectivity index (χ2n) is 11.2. The van der Waals surface area contributed by atoms with Crippen molar-refractivity contribution in [1.29, 1.82) is 0 Å². The third kappa shape index (κ3) is 5.73. The summed E-state index contributed by atoms with van der Waals surface area (Å²) in [5.74, 6) is -1.94. The summed E-state index contributed by atoms with van der Waals surface area (Å²) in [4.78, 5) is 53.9. The summed E-state index contributed by atoms with van der Waals surface area (Å²) in [7, 11) is 1.30. The van der Waals surface area contributed by atoms with Crippen molar-refractivity contribution in [2.45, 2.75) is 36.8 Å². The highest BCUT2D eigenvalue weighted by Crippen LogP contribution is 2.42. The summed E-state index contributed by atoms with van der Waals surface area (Å²) in [5.41, 5.74) is 3.10. The minimum absolute atomic E-state index is 0.0233. The van der Waals surface area contributed by atoms with E-state index in [-0.39, 0.29) is 54.7 Å². The topological polar surface area (TPSA) is 105 Å². The number of nitrogens with one attached hydrogen (secondary N) is 2. The van der Waals surface area contributed by atoms with Crippen LogP contribution < -0.4 is 10.6 Å². The van der Waals surface area contributed by atoms with Crippen molar-refractivity contribution in [3.63, 3.8) is 0 Å². The lowest BCUT2D eigenvalue weighted by molar-refractivity contribution is -0.133. The Morgan fingerprint density at radius 2 is 1.10 bits per heavy atom. The van der Waals surface area contributed by atoms with Crippen LogP contribution in [0.15, 0.2) is 84.9 Å². The van der Waals surface area contributed by atoms with Crippen LogP contribution in [0.1, 0.15) is 56.5 Å². The van der Waals surface area contributed by atoms with Crippen LogP contribution in [0.25, 0.3) is 0 Å². The molecule has 2 saturated carbocycles. The number of ether oxygens (including phenoxy) is 1. The predicted molar refractivity (Wildman–Crippen MR) is 152 cm³/mol. The van der Waals surface area contributed by atoms with Gasteiger partial charge in [0, 0.05) is 42.6 Å². The van der Waals surface area contributed by atoms with E-state index in [1.807, 2.05) is 36.4 Å². The van der Waals surface area contributed by atoms with Crippen molar-refractivity contribution in [3.05, 3.63) is 107 Å². The zero-order valence-electron chi connectivity index (χ0n) is 22.9. The molecule has 8 heteroatoms. The minimum atomic E-state index is -0.653. The smallest absolute Gasteiger partial charge is 0.337 e. The molecule has 3 amide bonds. The highest BCUT2D eigenvalue weighted by Gasteiger charge is 2.48. The lowest BCUT2D eigenvalue weighted by Crippen LogP contribution is -2.43. The van der Waals surface area contributed by atoms with E-state index in [1.54, 1.807) is 17.0 Å². The van der Waals surface area contributed by atoms with E-state index >= 15 is 0 Å². The molecule has 3 fully saturated rings. The van der Waals surface area contributed by atoms with E-state index in [4.69, 9.17) is 4.74 Å². The van der Waals surface area contributed by atoms with Crippen molar-refractivity contribution in [2.24, 2.45) is 11.8 Å². The Labute approximate surface area is 239 Å². The van der Waals surface area contributed by atoms with Crippen LogP contribution in [-0.2, 0) is 14.3 Å². The molecule has 1 heterocycles. The number of methoxy groups -OCH3 is 1. The van der Waals surface area contributed by atoms with Crippen LogP contribution >= 0.6 is 0 Å². The molecule has 2 aliphatic carbocycles. The van der Waals surface area contributed by atoms with Gasteiger partial charge in [-0.15, -0.1) is 0 Å². The van der Waals surface area contributed by atoms with Gasteiger partial charge >= 0.3 is 5.97 Å². The van der Waals surface area contributed by atoms with Crippen LogP contribution in [0.5, 0.6) is 0 Å². The summed E-state index contributed by atoms with van der Waals surface area (Å²) >= 11 is 0.